The largest absolute Gasteiger partial charge is 0.357 e. The fourth-order valence-electron chi connectivity index (χ4n) is 1.43. The Morgan fingerprint density at radius 3 is 2.77 bits per heavy atom. The molecule has 1 aliphatic rings. The van der Waals surface area contributed by atoms with Gasteiger partial charge in [0.05, 0.1) is 6.61 Å². The molecule has 2 rings (SSSR count). The van der Waals surface area contributed by atoms with Gasteiger partial charge in [-0.05, 0) is 5.56 Å². The highest BCUT2D eigenvalue weighted by Crippen LogP contribution is 2.20. The van der Waals surface area contributed by atoms with Gasteiger partial charge in [0.2, 0.25) is 0 Å². The van der Waals surface area contributed by atoms with Crippen LogP contribution in [0.2, 0.25) is 0 Å². The molecule has 1 aromatic rings. The van der Waals surface area contributed by atoms with E-state index in [1.165, 1.54) is 5.56 Å². The summed E-state index contributed by atoms with van der Waals surface area (Å²) in [6.45, 7) is 0.783. The zero-order valence-corrected chi connectivity index (χ0v) is 8.83. The highest BCUT2D eigenvalue weighted by molar-refractivity contribution is 9.09. The topological polar surface area (TPSA) is 21.3 Å². The molecule has 1 aromatic carbocycles. The van der Waals surface area contributed by atoms with Crippen molar-refractivity contribution in [3.63, 3.8) is 0 Å². The molecule has 2 unspecified atom stereocenters. The van der Waals surface area contributed by atoms with E-state index in [9.17, 15) is 0 Å². The van der Waals surface area contributed by atoms with Gasteiger partial charge in [-0.2, -0.15) is 0 Å². The van der Waals surface area contributed by atoms with Gasteiger partial charge in [0, 0.05) is 11.4 Å². The van der Waals surface area contributed by atoms with Crippen LogP contribution in [0.5, 0.6) is 0 Å². The summed E-state index contributed by atoms with van der Waals surface area (Å²) in [6.07, 6.45) is 0.0729. The van der Waals surface area contributed by atoms with E-state index in [0.717, 1.165) is 11.9 Å². The summed E-state index contributed by atoms with van der Waals surface area (Å²) >= 11 is 3.43. The number of benzene rings is 1. The Morgan fingerprint density at radius 2 is 2.15 bits per heavy atom. The third-order valence-corrected chi connectivity index (χ3v) is 2.92. The van der Waals surface area contributed by atoms with E-state index in [4.69, 9.17) is 4.74 Å². The van der Waals surface area contributed by atoms with E-state index in [0.29, 0.717) is 6.04 Å². The first-order chi connectivity index (χ1) is 6.40. The molecule has 0 aromatic heterocycles. The lowest BCUT2D eigenvalue weighted by Crippen LogP contribution is -2.26. The van der Waals surface area contributed by atoms with E-state index in [-0.39, 0.29) is 6.23 Å². The summed E-state index contributed by atoms with van der Waals surface area (Å²) in [5.41, 5.74) is 1.20. The van der Waals surface area contributed by atoms with Gasteiger partial charge in [-0.1, -0.05) is 46.3 Å². The van der Waals surface area contributed by atoms with Crippen LogP contribution < -0.4 is 5.32 Å². The Balaban J connectivity index is 2.04. The number of nitrogens with one attached hydrogen (secondary N) is 1. The Kier molecular flexibility index (Phi) is 2.98. The number of ether oxygens (including phenoxy) is 1. The monoisotopic (exact) mass is 241 g/mol. The third-order valence-electron chi connectivity index (χ3n) is 2.14. The molecule has 2 atom stereocenters. The lowest BCUT2D eigenvalue weighted by atomic mass is 10.2. The van der Waals surface area contributed by atoms with Crippen LogP contribution in [0.15, 0.2) is 30.3 Å². The molecule has 70 valence electrons. The van der Waals surface area contributed by atoms with Gasteiger partial charge in [0.15, 0.2) is 0 Å². The van der Waals surface area contributed by atoms with Crippen molar-refractivity contribution in [2.24, 2.45) is 0 Å². The van der Waals surface area contributed by atoms with Gasteiger partial charge < -0.3 is 4.74 Å². The highest BCUT2D eigenvalue weighted by atomic mass is 79.9. The summed E-state index contributed by atoms with van der Waals surface area (Å²) in [5, 5.41) is 4.33. The average Bonchev–Trinajstić information content (AvgIpc) is 2.67. The van der Waals surface area contributed by atoms with Crippen molar-refractivity contribution in [1.29, 1.82) is 0 Å². The van der Waals surface area contributed by atoms with Crippen molar-refractivity contribution in [1.82, 2.24) is 5.32 Å². The lowest BCUT2D eigenvalue weighted by molar-refractivity contribution is 0.101. The number of rotatable bonds is 2. The first kappa shape index (κ1) is 9.19. The second-order valence-electron chi connectivity index (χ2n) is 3.14. The normalized spacial score (nSPS) is 27.8. The van der Waals surface area contributed by atoms with Crippen molar-refractivity contribution >= 4 is 15.9 Å². The molecule has 0 spiro atoms. The van der Waals surface area contributed by atoms with Gasteiger partial charge in [0.25, 0.3) is 0 Å². The molecule has 0 saturated carbocycles. The Hall–Kier alpha value is -0.380. The maximum atomic E-state index is 5.60. The van der Waals surface area contributed by atoms with Gasteiger partial charge in [-0.15, -0.1) is 0 Å². The summed E-state index contributed by atoms with van der Waals surface area (Å²) in [6, 6.07) is 10.7. The minimum atomic E-state index is 0.0729. The number of halogens is 1. The highest BCUT2D eigenvalue weighted by Gasteiger charge is 2.24. The molecule has 3 heteroatoms. The minimum absolute atomic E-state index is 0.0729. The molecule has 2 nitrogen and oxygen atoms in total. The summed E-state index contributed by atoms with van der Waals surface area (Å²) in [7, 11) is 0. The van der Waals surface area contributed by atoms with Gasteiger partial charge in [0.1, 0.15) is 6.23 Å². The molecular weight excluding hydrogens is 230 g/mol. The molecule has 1 N–H and O–H groups in total. The molecule has 0 radical (unpaired) electrons. The molecule has 1 heterocycles. The predicted octanol–water partition coefficient (Wildman–Crippen LogP) is 2.07. The lowest BCUT2D eigenvalue weighted by Gasteiger charge is -2.10. The van der Waals surface area contributed by atoms with Crippen LogP contribution in [0, 0.1) is 0 Å². The molecule has 0 amide bonds. The van der Waals surface area contributed by atoms with Crippen molar-refractivity contribution in [2.45, 2.75) is 12.3 Å². The summed E-state index contributed by atoms with van der Waals surface area (Å²) in [4.78, 5) is 0. The van der Waals surface area contributed by atoms with Gasteiger partial charge in [-0.25, -0.2) is 0 Å². The molecule has 0 aliphatic carbocycles. The standard InChI is InChI=1S/C10H12BrNO/c11-6-9-7-13-10(12-9)8-4-2-1-3-5-8/h1-5,9-10,12H,6-7H2. The molecule has 1 aliphatic heterocycles. The molecular formula is C10H12BrNO. The van der Waals surface area contributed by atoms with Crippen LogP contribution in [0.3, 0.4) is 0 Å². The van der Waals surface area contributed by atoms with Gasteiger partial charge >= 0.3 is 0 Å². The van der Waals surface area contributed by atoms with Crippen molar-refractivity contribution in [3.05, 3.63) is 35.9 Å². The smallest absolute Gasteiger partial charge is 0.134 e. The molecule has 1 fully saturated rings. The SMILES string of the molecule is BrCC1COC(c2ccccc2)N1. The van der Waals surface area contributed by atoms with E-state index in [1.807, 2.05) is 18.2 Å². The third kappa shape index (κ3) is 2.10. The Bertz CT molecular complexity index is 265. The number of alkyl halides is 1. The first-order valence-electron chi connectivity index (χ1n) is 4.38. The van der Waals surface area contributed by atoms with Crippen LogP contribution in [0.1, 0.15) is 11.8 Å². The second-order valence-corrected chi connectivity index (χ2v) is 3.79. The van der Waals surface area contributed by atoms with Crippen LogP contribution in [0.25, 0.3) is 0 Å². The number of hydrogen-bond donors (Lipinski definition) is 1. The van der Waals surface area contributed by atoms with Crippen LogP contribution in [0.4, 0.5) is 0 Å². The summed E-state index contributed by atoms with van der Waals surface area (Å²) < 4.78 is 5.60. The molecule has 1 saturated heterocycles. The van der Waals surface area contributed by atoms with Crippen molar-refractivity contribution in [3.8, 4) is 0 Å². The van der Waals surface area contributed by atoms with Crippen molar-refractivity contribution < 1.29 is 4.74 Å². The van der Waals surface area contributed by atoms with E-state index >= 15 is 0 Å². The predicted molar refractivity (Wildman–Crippen MR) is 55.9 cm³/mol. The average molecular weight is 242 g/mol. The van der Waals surface area contributed by atoms with Crippen molar-refractivity contribution in [2.75, 3.05) is 11.9 Å². The van der Waals surface area contributed by atoms with Crippen LogP contribution in [-0.4, -0.2) is 18.0 Å². The number of hydrogen-bond acceptors (Lipinski definition) is 2. The van der Waals surface area contributed by atoms with Gasteiger partial charge in [-0.3, -0.25) is 5.32 Å². The molecule has 0 bridgehead atoms. The molecule has 13 heavy (non-hydrogen) atoms. The zero-order chi connectivity index (χ0) is 9.10. The Morgan fingerprint density at radius 1 is 1.38 bits per heavy atom. The maximum absolute atomic E-state index is 5.60. The fraction of sp³-hybridized carbons (Fsp3) is 0.400. The first-order valence-corrected chi connectivity index (χ1v) is 5.51. The second kappa shape index (κ2) is 4.22. The Labute approximate surface area is 86.4 Å². The van der Waals surface area contributed by atoms with Crippen LogP contribution in [-0.2, 0) is 4.74 Å². The fourth-order valence-corrected chi connectivity index (χ4v) is 1.81. The quantitative estimate of drug-likeness (QED) is 0.801. The van der Waals surface area contributed by atoms with E-state index in [2.05, 4.69) is 33.4 Å². The maximum Gasteiger partial charge on any atom is 0.134 e. The minimum Gasteiger partial charge on any atom is -0.357 e. The van der Waals surface area contributed by atoms with Crippen LogP contribution >= 0.6 is 15.9 Å². The zero-order valence-electron chi connectivity index (χ0n) is 7.24. The van der Waals surface area contributed by atoms with E-state index in [1.54, 1.807) is 0 Å². The summed E-state index contributed by atoms with van der Waals surface area (Å²) in [5.74, 6) is 0. The van der Waals surface area contributed by atoms with E-state index < -0.39 is 0 Å².